The van der Waals surface area contributed by atoms with Gasteiger partial charge in [0.1, 0.15) is 0 Å². The lowest BCUT2D eigenvalue weighted by atomic mass is 10.1. The zero-order chi connectivity index (χ0) is 20.5. The largest absolute Gasteiger partial charge is 0.463 e. The van der Waals surface area contributed by atoms with Crippen molar-refractivity contribution in [3.8, 4) is 5.75 Å². The molecular formula is C22H26Cl2O4. The molecular weight excluding hydrogens is 399 g/mol. The van der Waals surface area contributed by atoms with Crippen LogP contribution in [0.4, 0.5) is 0 Å². The van der Waals surface area contributed by atoms with Crippen LogP contribution in [0.1, 0.15) is 58.8 Å². The van der Waals surface area contributed by atoms with E-state index in [-0.39, 0.29) is 29.9 Å². The van der Waals surface area contributed by atoms with Crippen LogP contribution in [0.3, 0.4) is 0 Å². The molecule has 1 unspecified atom stereocenters. The van der Waals surface area contributed by atoms with Crippen molar-refractivity contribution in [2.24, 2.45) is 0 Å². The number of benzene rings is 2. The fourth-order valence-corrected chi connectivity index (χ4v) is 3.52. The van der Waals surface area contributed by atoms with E-state index in [0.717, 1.165) is 31.1 Å². The van der Waals surface area contributed by atoms with Gasteiger partial charge >= 0.3 is 11.9 Å². The Kier molecular flexibility index (Phi) is 9.07. The number of rotatable bonds is 10. The number of hydrogen-bond donors (Lipinski definition) is 0. The van der Waals surface area contributed by atoms with E-state index in [9.17, 15) is 9.59 Å². The van der Waals surface area contributed by atoms with Crippen LogP contribution in [-0.2, 0) is 14.3 Å². The van der Waals surface area contributed by atoms with Crippen LogP contribution in [0.15, 0.2) is 30.3 Å². The van der Waals surface area contributed by atoms with E-state index in [0.29, 0.717) is 22.6 Å². The van der Waals surface area contributed by atoms with E-state index in [1.807, 2.05) is 25.1 Å². The van der Waals surface area contributed by atoms with Crippen molar-refractivity contribution in [3.63, 3.8) is 0 Å². The van der Waals surface area contributed by atoms with Gasteiger partial charge in [0.05, 0.1) is 16.1 Å². The van der Waals surface area contributed by atoms with Crippen molar-refractivity contribution in [2.75, 3.05) is 0 Å². The quantitative estimate of drug-likeness (QED) is 0.240. The molecule has 0 aromatic heterocycles. The maximum atomic E-state index is 12.2. The first-order valence-electron chi connectivity index (χ1n) is 9.69. The van der Waals surface area contributed by atoms with E-state index in [1.165, 1.54) is 0 Å². The third kappa shape index (κ3) is 6.68. The van der Waals surface area contributed by atoms with Gasteiger partial charge in [-0.15, -0.1) is 0 Å². The summed E-state index contributed by atoms with van der Waals surface area (Å²) in [7, 11) is 0. The van der Waals surface area contributed by atoms with Crippen molar-refractivity contribution < 1.29 is 19.1 Å². The Morgan fingerprint density at radius 2 is 1.64 bits per heavy atom. The minimum absolute atomic E-state index is 0.0924. The highest BCUT2D eigenvalue weighted by Crippen LogP contribution is 2.38. The fraction of sp³-hybridized carbons (Fsp3) is 0.455. The summed E-state index contributed by atoms with van der Waals surface area (Å²) in [5, 5.41) is 2.21. The Bertz CT molecular complexity index is 820. The van der Waals surface area contributed by atoms with Gasteiger partial charge in [0.25, 0.3) is 0 Å². The second-order valence-corrected chi connectivity index (χ2v) is 7.65. The van der Waals surface area contributed by atoms with Gasteiger partial charge in [-0.2, -0.15) is 0 Å². The second kappa shape index (κ2) is 11.3. The van der Waals surface area contributed by atoms with Gasteiger partial charge in [0.15, 0.2) is 5.75 Å². The minimum Gasteiger partial charge on any atom is -0.463 e. The topological polar surface area (TPSA) is 52.6 Å². The number of carbonyl (C=O) groups is 2. The molecule has 0 heterocycles. The van der Waals surface area contributed by atoms with Crippen molar-refractivity contribution in [3.05, 3.63) is 40.4 Å². The first-order valence-corrected chi connectivity index (χ1v) is 10.4. The first-order chi connectivity index (χ1) is 13.4. The Morgan fingerprint density at radius 1 is 0.964 bits per heavy atom. The third-order valence-corrected chi connectivity index (χ3v) is 5.02. The number of carbonyl (C=O) groups excluding carboxylic acids is 2. The molecule has 0 N–H and O–H groups in total. The van der Waals surface area contributed by atoms with Crippen LogP contribution in [-0.4, -0.2) is 18.0 Å². The molecule has 0 spiro atoms. The number of ether oxygens (including phenoxy) is 2. The molecule has 2 aromatic carbocycles. The van der Waals surface area contributed by atoms with E-state index >= 15 is 0 Å². The van der Waals surface area contributed by atoms with Crippen LogP contribution in [0.2, 0.25) is 10.0 Å². The molecule has 2 rings (SSSR count). The molecule has 1 atom stereocenters. The van der Waals surface area contributed by atoms with Gasteiger partial charge in [0.2, 0.25) is 0 Å². The van der Waals surface area contributed by atoms with E-state index in [1.54, 1.807) is 12.1 Å². The lowest BCUT2D eigenvalue weighted by Crippen LogP contribution is -2.15. The lowest BCUT2D eigenvalue weighted by molar-refractivity contribution is -0.148. The summed E-state index contributed by atoms with van der Waals surface area (Å²) >= 11 is 12.4. The number of unbranched alkanes of at least 4 members (excludes halogenated alkanes) is 2. The van der Waals surface area contributed by atoms with E-state index in [4.69, 9.17) is 32.7 Å². The third-order valence-electron chi connectivity index (χ3n) is 4.42. The molecule has 28 heavy (non-hydrogen) atoms. The average molecular weight is 425 g/mol. The van der Waals surface area contributed by atoms with Crippen LogP contribution in [0, 0.1) is 0 Å². The number of fused-ring (bicyclic) bond motifs is 1. The SMILES string of the molecule is CCCCCC(C)OC(=O)CCCC(=O)Oc1c(Cl)cc(Cl)c2ccccc12. The van der Waals surface area contributed by atoms with Crippen molar-refractivity contribution in [2.45, 2.75) is 64.9 Å². The molecule has 4 nitrogen and oxygen atoms in total. The Morgan fingerprint density at radius 3 is 2.36 bits per heavy atom. The monoisotopic (exact) mass is 424 g/mol. The van der Waals surface area contributed by atoms with E-state index < -0.39 is 5.97 Å². The summed E-state index contributed by atoms with van der Waals surface area (Å²) in [6, 6.07) is 8.87. The predicted molar refractivity (Wildman–Crippen MR) is 113 cm³/mol. The van der Waals surface area contributed by atoms with Crippen LogP contribution >= 0.6 is 23.2 Å². The normalized spacial score (nSPS) is 12.0. The Labute approximate surface area is 176 Å². The molecule has 0 aliphatic heterocycles. The van der Waals surface area contributed by atoms with Crippen molar-refractivity contribution >= 4 is 45.9 Å². The molecule has 0 bridgehead atoms. The number of esters is 2. The minimum atomic E-state index is -0.446. The molecule has 0 aliphatic rings. The van der Waals surface area contributed by atoms with Gasteiger partial charge in [-0.25, -0.2) is 0 Å². The molecule has 2 aromatic rings. The van der Waals surface area contributed by atoms with Gasteiger partial charge in [-0.1, -0.05) is 67.2 Å². The molecule has 152 valence electrons. The lowest BCUT2D eigenvalue weighted by Gasteiger charge is -2.13. The van der Waals surface area contributed by atoms with Crippen LogP contribution in [0.25, 0.3) is 10.8 Å². The molecule has 0 fully saturated rings. The Hall–Kier alpha value is -1.78. The fourth-order valence-electron chi connectivity index (χ4n) is 2.94. The van der Waals surface area contributed by atoms with Gasteiger partial charge in [-0.05, 0) is 32.3 Å². The van der Waals surface area contributed by atoms with Gasteiger partial charge < -0.3 is 9.47 Å². The van der Waals surface area contributed by atoms with Crippen LogP contribution < -0.4 is 4.74 Å². The highest BCUT2D eigenvalue weighted by Gasteiger charge is 2.16. The Balaban J connectivity index is 1.84. The second-order valence-electron chi connectivity index (χ2n) is 6.84. The molecule has 0 saturated heterocycles. The number of halogens is 2. The summed E-state index contributed by atoms with van der Waals surface area (Å²) in [6.45, 7) is 4.03. The molecule has 0 aliphatic carbocycles. The molecule has 6 heteroatoms. The maximum Gasteiger partial charge on any atom is 0.311 e. The van der Waals surface area contributed by atoms with Crippen molar-refractivity contribution in [1.29, 1.82) is 0 Å². The summed E-state index contributed by atoms with van der Waals surface area (Å²) in [5.41, 5.74) is 0. The summed E-state index contributed by atoms with van der Waals surface area (Å²) < 4.78 is 10.8. The standard InChI is InChI=1S/C22H26Cl2O4/c1-3-4-5-9-15(2)27-20(25)12-8-13-21(26)28-22-17-11-7-6-10-16(17)18(23)14-19(22)24/h6-7,10-11,14-15H,3-5,8-9,12-13H2,1-2H3. The highest BCUT2D eigenvalue weighted by atomic mass is 35.5. The summed E-state index contributed by atoms with van der Waals surface area (Å²) in [5.74, 6) is -0.441. The molecule has 0 radical (unpaired) electrons. The summed E-state index contributed by atoms with van der Waals surface area (Å²) in [6.07, 6.45) is 4.74. The maximum absolute atomic E-state index is 12.2. The smallest absolute Gasteiger partial charge is 0.311 e. The van der Waals surface area contributed by atoms with Gasteiger partial charge in [0, 0.05) is 23.6 Å². The average Bonchev–Trinajstić information content (AvgIpc) is 2.65. The zero-order valence-electron chi connectivity index (χ0n) is 16.3. The van der Waals surface area contributed by atoms with Crippen LogP contribution in [0.5, 0.6) is 5.75 Å². The zero-order valence-corrected chi connectivity index (χ0v) is 17.8. The number of hydrogen-bond acceptors (Lipinski definition) is 4. The van der Waals surface area contributed by atoms with Gasteiger partial charge in [-0.3, -0.25) is 9.59 Å². The molecule has 0 saturated carbocycles. The highest BCUT2D eigenvalue weighted by molar-refractivity contribution is 6.40. The van der Waals surface area contributed by atoms with Crippen molar-refractivity contribution in [1.82, 2.24) is 0 Å². The van der Waals surface area contributed by atoms with E-state index in [2.05, 4.69) is 6.92 Å². The molecule has 0 amide bonds. The first kappa shape index (κ1) is 22.5. The predicted octanol–water partition coefficient (Wildman–Crippen LogP) is 6.73. The summed E-state index contributed by atoms with van der Waals surface area (Å²) in [4.78, 5) is 24.1.